The molecule has 4 rings (SSSR count). The Morgan fingerprint density at radius 1 is 0.893 bits per heavy atom. The van der Waals surface area contributed by atoms with Gasteiger partial charge in [0, 0.05) is 17.2 Å². The van der Waals surface area contributed by atoms with E-state index in [4.69, 9.17) is 0 Å². The Hall–Kier alpha value is -2.41. The zero-order valence-electron chi connectivity index (χ0n) is 18.4. The van der Waals surface area contributed by atoms with E-state index in [-0.39, 0.29) is 5.41 Å². The zero-order valence-corrected chi connectivity index (χ0v) is 18.4. The van der Waals surface area contributed by atoms with Crippen LogP contribution in [0.25, 0.3) is 22.4 Å². The summed E-state index contributed by atoms with van der Waals surface area (Å²) >= 11 is 0. The first-order valence-corrected chi connectivity index (χ1v) is 10.4. The molecule has 2 aromatic carbocycles. The summed E-state index contributed by atoms with van der Waals surface area (Å²) in [6, 6.07) is 14.0. The normalized spacial score (nSPS) is 12.8. The molecule has 28 heavy (non-hydrogen) atoms. The summed E-state index contributed by atoms with van der Waals surface area (Å²) in [5.41, 5.74) is 14.4. The largest absolute Gasteiger partial charge is 0.212 e. The zero-order chi connectivity index (χ0) is 20.2. The van der Waals surface area contributed by atoms with Gasteiger partial charge in [0.05, 0.1) is 0 Å². The van der Waals surface area contributed by atoms with Gasteiger partial charge in [-0.1, -0.05) is 50.6 Å². The number of aryl methyl sites for hydroxylation is 3. The standard InChI is InChI=1S/C27H32N/c1-17-8-9-23-20(12-17)13-25-19(3)22(10-11-24(23)25)26-14-21(15-27(4,5)6)18(2)16-28(26)7/h8-12,14,16H,13,15H2,1-7H3/q+1. The Morgan fingerprint density at radius 2 is 1.57 bits per heavy atom. The molecule has 0 spiro atoms. The van der Waals surface area contributed by atoms with Gasteiger partial charge in [0.2, 0.25) is 5.69 Å². The van der Waals surface area contributed by atoms with Gasteiger partial charge in [0.1, 0.15) is 7.05 Å². The van der Waals surface area contributed by atoms with Crippen molar-refractivity contribution < 1.29 is 4.57 Å². The van der Waals surface area contributed by atoms with Crippen LogP contribution >= 0.6 is 0 Å². The molecule has 0 aliphatic heterocycles. The summed E-state index contributed by atoms with van der Waals surface area (Å²) in [5.74, 6) is 0. The molecule has 0 amide bonds. The van der Waals surface area contributed by atoms with Crippen molar-refractivity contribution in [2.45, 2.75) is 54.4 Å². The molecule has 1 heteroatoms. The highest BCUT2D eigenvalue weighted by Gasteiger charge is 2.25. The number of pyridine rings is 1. The number of nitrogens with zero attached hydrogens (tertiary/aromatic N) is 1. The fourth-order valence-corrected chi connectivity index (χ4v) is 4.69. The van der Waals surface area contributed by atoms with Crippen LogP contribution < -0.4 is 4.57 Å². The maximum atomic E-state index is 2.42. The summed E-state index contributed by atoms with van der Waals surface area (Å²) in [6.45, 7) is 13.7. The average molecular weight is 371 g/mol. The lowest BCUT2D eigenvalue weighted by molar-refractivity contribution is -0.660. The number of fused-ring (bicyclic) bond motifs is 3. The maximum Gasteiger partial charge on any atom is 0.212 e. The molecule has 0 saturated heterocycles. The van der Waals surface area contributed by atoms with E-state index < -0.39 is 0 Å². The molecule has 0 radical (unpaired) electrons. The van der Waals surface area contributed by atoms with E-state index in [0.29, 0.717) is 0 Å². The summed E-state index contributed by atoms with van der Waals surface area (Å²) in [7, 11) is 2.17. The molecule has 0 saturated carbocycles. The number of hydrogen-bond acceptors (Lipinski definition) is 0. The van der Waals surface area contributed by atoms with E-state index in [0.717, 1.165) is 12.8 Å². The van der Waals surface area contributed by atoms with Gasteiger partial charge in [0.25, 0.3) is 0 Å². The SMILES string of the molecule is Cc1ccc2c(c1)Cc1c-2ccc(-c2cc(CC(C)(C)C)c(C)c[n+]2C)c1C. The first kappa shape index (κ1) is 18.9. The van der Waals surface area contributed by atoms with Crippen molar-refractivity contribution in [1.82, 2.24) is 0 Å². The Labute approximate surface area is 170 Å². The molecule has 3 aromatic rings. The lowest BCUT2D eigenvalue weighted by atomic mass is 9.86. The molecule has 0 unspecified atom stereocenters. The monoisotopic (exact) mass is 370 g/mol. The van der Waals surface area contributed by atoms with E-state index in [1.807, 2.05) is 0 Å². The Kier molecular flexibility index (Phi) is 4.45. The molecule has 144 valence electrons. The number of aromatic nitrogens is 1. The first-order chi connectivity index (χ1) is 13.1. The van der Waals surface area contributed by atoms with Crippen molar-refractivity contribution >= 4 is 0 Å². The maximum absolute atomic E-state index is 2.42. The Balaban J connectivity index is 1.83. The third kappa shape index (κ3) is 3.28. The van der Waals surface area contributed by atoms with Crippen LogP contribution in [-0.4, -0.2) is 0 Å². The van der Waals surface area contributed by atoms with E-state index in [1.165, 1.54) is 55.8 Å². The molecule has 0 bridgehead atoms. The van der Waals surface area contributed by atoms with Crippen molar-refractivity contribution in [3.05, 3.63) is 76.0 Å². The van der Waals surface area contributed by atoms with Crippen LogP contribution in [0, 0.1) is 26.2 Å². The van der Waals surface area contributed by atoms with Crippen molar-refractivity contribution in [2.75, 3.05) is 0 Å². The van der Waals surface area contributed by atoms with Gasteiger partial charge < -0.3 is 0 Å². The second-order valence-corrected chi connectivity index (χ2v) is 9.82. The van der Waals surface area contributed by atoms with Gasteiger partial charge in [0.15, 0.2) is 6.20 Å². The Bertz CT molecular complexity index is 1080. The van der Waals surface area contributed by atoms with Crippen molar-refractivity contribution in [3.8, 4) is 22.4 Å². The van der Waals surface area contributed by atoms with Crippen LogP contribution in [0.2, 0.25) is 0 Å². The van der Waals surface area contributed by atoms with Crippen molar-refractivity contribution in [1.29, 1.82) is 0 Å². The lowest BCUT2D eigenvalue weighted by Gasteiger charge is -2.20. The van der Waals surface area contributed by atoms with E-state index in [2.05, 4.69) is 95.8 Å². The molecule has 1 nitrogen and oxygen atoms in total. The number of benzene rings is 2. The highest BCUT2D eigenvalue weighted by atomic mass is 14.9. The molecule has 1 aliphatic rings. The van der Waals surface area contributed by atoms with E-state index in [1.54, 1.807) is 0 Å². The fourth-order valence-electron chi connectivity index (χ4n) is 4.69. The summed E-state index contributed by atoms with van der Waals surface area (Å²) in [5, 5.41) is 0. The molecule has 1 aliphatic carbocycles. The van der Waals surface area contributed by atoms with Gasteiger partial charge in [-0.15, -0.1) is 0 Å². The van der Waals surface area contributed by atoms with Gasteiger partial charge in [-0.3, -0.25) is 0 Å². The van der Waals surface area contributed by atoms with Crippen LogP contribution in [0.1, 0.15) is 54.2 Å². The lowest BCUT2D eigenvalue weighted by Crippen LogP contribution is -2.32. The highest BCUT2D eigenvalue weighted by Crippen LogP contribution is 2.41. The molecule has 1 aromatic heterocycles. The molecule has 1 heterocycles. The predicted molar refractivity (Wildman–Crippen MR) is 119 cm³/mol. The van der Waals surface area contributed by atoms with Crippen LogP contribution in [0.3, 0.4) is 0 Å². The fraction of sp³-hybridized carbons (Fsp3) is 0.370. The van der Waals surface area contributed by atoms with Crippen molar-refractivity contribution in [3.63, 3.8) is 0 Å². The molecule has 0 atom stereocenters. The minimum absolute atomic E-state index is 0.286. The molecule has 0 N–H and O–H groups in total. The van der Waals surface area contributed by atoms with Gasteiger partial charge in [-0.25, -0.2) is 4.57 Å². The summed E-state index contributed by atoms with van der Waals surface area (Å²) in [6.07, 6.45) is 4.44. The second kappa shape index (κ2) is 6.58. The quantitative estimate of drug-likeness (QED) is 0.366. The first-order valence-electron chi connectivity index (χ1n) is 10.4. The predicted octanol–water partition coefficient (Wildman–Crippen LogP) is 6.26. The summed E-state index contributed by atoms with van der Waals surface area (Å²) in [4.78, 5) is 0. The molecule has 0 fully saturated rings. The third-order valence-electron chi connectivity index (χ3n) is 6.10. The smallest absolute Gasteiger partial charge is 0.201 e. The minimum atomic E-state index is 0.286. The second-order valence-electron chi connectivity index (χ2n) is 9.82. The Morgan fingerprint density at radius 3 is 2.29 bits per heavy atom. The van der Waals surface area contributed by atoms with Gasteiger partial charge in [-0.05, 0) is 78.5 Å². The van der Waals surface area contributed by atoms with Crippen LogP contribution in [-0.2, 0) is 19.9 Å². The third-order valence-corrected chi connectivity index (χ3v) is 6.10. The number of hydrogen-bond donors (Lipinski definition) is 0. The van der Waals surface area contributed by atoms with Crippen LogP contribution in [0.15, 0.2) is 42.6 Å². The minimum Gasteiger partial charge on any atom is -0.201 e. The molecular weight excluding hydrogens is 338 g/mol. The topological polar surface area (TPSA) is 3.88 Å². The van der Waals surface area contributed by atoms with Gasteiger partial charge in [-0.2, -0.15) is 0 Å². The van der Waals surface area contributed by atoms with E-state index in [9.17, 15) is 0 Å². The van der Waals surface area contributed by atoms with Crippen LogP contribution in [0.5, 0.6) is 0 Å². The highest BCUT2D eigenvalue weighted by molar-refractivity contribution is 5.82. The van der Waals surface area contributed by atoms with Crippen LogP contribution in [0.4, 0.5) is 0 Å². The molecular formula is C27H32N+. The number of rotatable bonds is 2. The van der Waals surface area contributed by atoms with Crippen molar-refractivity contribution in [2.24, 2.45) is 12.5 Å². The average Bonchev–Trinajstić information content (AvgIpc) is 2.95. The van der Waals surface area contributed by atoms with Gasteiger partial charge >= 0.3 is 0 Å². The van der Waals surface area contributed by atoms with E-state index >= 15 is 0 Å². The summed E-state index contributed by atoms with van der Waals surface area (Å²) < 4.78 is 2.29.